The highest BCUT2D eigenvalue weighted by Crippen LogP contribution is 2.05. The molecule has 0 aliphatic rings. The van der Waals surface area contributed by atoms with Crippen LogP contribution in [-0.2, 0) is 16.0 Å². The smallest absolute Gasteiger partial charge is 0.407 e. The van der Waals surface area contributed by atoms with Crippen LogP contribution in [-0.4, -0.2) is 56.8 Å². The lowest BCUT2D eigenvalue weighted by atomic mass is 10.1. The van der Waals surface area contributed by atoms with Crippen LogP contribution < -0.4 is 21.3 Å². The molecular formula is C19H31N5O3. The van der Waals surface area contributed by atoms with Crippen LogP contribution in [0.1, 0.15) is 26.3 Å². The second-order valence-electron chi connectivity index (χ2n) is 6.87. The number of carbonyl (C=O) groups is 2. The number of aliphatic imine (C=N–C) groups is 1. The number of alkyl carbamates (subject to hydrolysis) is 1. The molecule has 0 heterocycles. The van der Waals surface area contributed by atoms with E-state index in [9.17, 15) is 9.59 Å². The van der Waals surface area contributed by atoms with Crippen molar-refractivity contribution < 1.29 is 14.3 Å². The maximum atomic E-state index is 11.9. The first-order valence-corrected chi connectivity index (χ1v) is 9.02. The van der Waals surface area contributed by atoms with Crippen LogP contribution in [0.15, 0.2) is 35.3 Å². The van der Waals surface area contributed by atoms with Crippen molar-refractivity contribution in [3.63, 3.8) is 0 Å². The molecule has 1 aromatic carbocycles. The predicted molar refractivity (Wildman–Crippen MR) is 107 cm³/mol. The molecule has 0 saturated carbocycles. The normalized spacial score (nSPS) is 11.5. The number of ether oxygens (including phenoxy) is 1. The van der Waals surface area contributed by atoms with Crippen molar-refractivity contribution in [1.29, 1.82) is 0 Å². The number of amides is 2. The van der Waals surface area contributed by atoms with Gasteiger partial charge in [0.15, 0.2) is 5.96 Å². The predicted octanol–water partition coefficient (Wildman–Crippen LogP) is 1.04. The van der Waals surface area contributed by atoms with Gasteiger partial charge in [0, 0.05) is 26.7 Å². The molecule has 0 aliphatic carbocycles. The first-order chi connectivity index (χ1) is 12.8. The van der Waals surface area contributed by atoms with Crippen molar-refractivity contribution in [3.8, 4) is 0 Å². The lowest BCUT2D eigenvalue weighted by molar-refractivity contribution is -0.119. The third-order valence-corrected chi connectivity index (χ3v) is 3.30. The second-order valence-corrected chi connectivity index (χ2v) is 6.87. The Labute approximate surface area is 161 Å². The maximum Gasteiger partial charge on any atom is 0.407 e. The first kappa shape index (κ1) is 22.3. The second kappa shape index (κ2) is 11.8. The monoisotopic (exact) mass is 377 g/mol. The van der Waals surface area contributed by atoms with Crippen molar-refractivity contribution in [2.45, 2.75) is 32.8 Å². The molecule has 0 atom stereocenters. The molecule has 150 valence electrons. The summed E-state index contributed by atoms with van der Waals surface area (Å²) in [6.07, 6.45) is 0.320. The quantitative estimate of drug-likeness (QED) is 0.308. The van der Waals surface area contributed by atoms with Gasteiger partial charge in [-0.05, 0) is 32.8 Å². The van der Waals surface area contributed by atoms with Gasteiger partial charge >= 0.3 is 6.09 Å². The van der Waals surface area contributed by atoms with Crippen LogP contribution in [0, 0.1) is 0 Å². The summed E-state index contributed by atoms with van der Waals surface area (Å²) in [5.74, 6) is 0.375. The van der Waals surface area contributed by atoms with Gasteiger partial charge in [0.1, 0.15) is 5.60 Å². The van der Waals surface area contributed by atoms with Gasteiger partial charge in [0.25, 0.3) is 0 Å². The molecule has 4 N–H and O–H groups in total. The van der Waals surface area contributed by atoms with E-state index in [-0.39, 0.29) is 12.5 Å². The molecular weight excluding hydrogens is 346 g/mol. The van der Waals surface area contributed by atoms with Crippen molar-refractivity contribution >= 4 is 18.0 Å². The van der Waals surface area contributed by atoms with Gasteiger partial charge in [-0.3, -0.25) is 9.79 Å². The Morgan fingerprint density at radius 1 is 0.963 bits per heavy atom. The minimum atomic E-state index is -0.525. The number of nitrogens with one attached hydrogen (secondary N) is 4. The molecule has 0 fully saturated rings. The third-order valence-electron chi connectivity index (χ3n) is 3.30. The molecule has 1 aromatic rings. The topological polar surface area (TPSA) is 104 Å². The summed E-state index contributed by atoms with van der Waals surface area (Å²) in [7, 11) is 1.62. The fraction of sp³-hybridized carbons (Fsp3) is 0.526. The van der Waals surface area contributed by atoms with Crippen LogP contribution in [0.4, 0.5) is 4.79 Å². The van der Waals surface area contributed by atoms with E-state index in [1.807, 2.05) is 51.1 Å². The number of benzene rings is 1. The third kappa shape index (κ3) is 11.5. The van der Waals surface area contributed by atoms with Gasteiger partial charge in [-0.25, -0.2) is 4.79 Å². The number of guanidine groups is 1. The Hall–Kier alpha value is -2.77. The standard InChI is InChI=1S/C19H31N5O3/c1-19(2,3)27-18(26)23-13-12-22-17(20-4)24-14-16(25)21-11-10-15-8-6-5-7-9-15/h5-9H,10-14H2,1-4H3,(H,21,25)(H,23,26)(H2,20,22,24). The van der Waals surface area contributed by atoms with E-state index in [2.05, 4.69) is 26.3 Å². The Morgan fingerprint density at radius 2 is 1.63 bits per heavy atom. The van der Waals surface area contributed by atoms with E-state index in [0.717, 1.165) is 6.42 Å². The van der Waals surface area contributed by atoms with Gasteiger partial charge in [-0.1, -0.05) is 30.3 Å². The summed E-state index contributed by atoms with van der Waals surface area (Å²) in [5, 5.41) is 11.4. The summed E-state index contributed by atoms with van der Waals surface area (Å²) in [6, 6.07) is 9.98. The molecule has 27 heavy (non-hydrogen) atoms. The van der Waals surface area contributed by atoms with E-state index >= 15 is 0 Å². The molecule has 8 nitrogen and oxygen atoms in total. The van der Waals surface area contributed by atoms with E-state index in [0.29, 0.717) is 25.6 Å². The summed E-state index contributed by atoms with van der Waals surface area (Å²) >= 11 is 0. The van der Waals surface area contributed by atoms with Crippen LogP contribution in [0.2, 0.25) is 0 Å². The van der Waals surface area contributed by atoms with Crippen molar-refractivity contribution in [1.82, 2.24) is 21.3 Å². The zero-order valence-electron chi connectivity index (χ0n) is 16.6. The summed E-state index contributed by atoms with van der Waals surface area (Å²) in [6.45, 7) is 6.95. The zero-order valence-corrected chi connectivity index (χ0v) is 16.6. The number of carbonyl (C=O) groups excluding carboxylic acids is 2. The summed E-state index contributed by atoms with van der Waals surface area (Å²) < 4.78 is 5.14. The van der Waals surface area contributed by atoms with Crippen molar-refractivity contribution in [2.24, 2.45) is 4.99 Å². The number of nitrogens with zero attached hydrogens (tertiary/aromatic N) is 1. The van der Waals surface area contributed by atoms with E-state index < -0.39 is 11.7 Å². The highest BCUT2D eigenvalue weighted by atomic mass is 16.6. The van der Waals surface area contributed by atoms with E-state index in [1.165, 1.54) is 5.56 Å². The Kier molecular flexibility index (Phi) is 9.71. The van der Waals surface area contributed by atoms with Crippen LogP contribution in [0.3, 0.4) is 0 Å². The van der Waals surface area contributed by atoms with Crippen molar-refractivity contribution in [2.75, 3.05) is 33.2 Å². The molecule has 0 saturated heterocycles. The van der Waals surface area contributed by atoms with Gasteiger partial charge in [-0.15, -0.1) is 0 Å². The summed E-state index contributed by atoms with van der Waals surface area (Å²) in [5.41, 5.74) is 0.656. The lowest BCUT2D eigenvalue weighted by Crippen LogP contribution is -2.45. The van der Waals surface area contributed by atoms with Crippen LogP contribution in [0.5, 0.6) is 0 Å². The molecule has 0 bridgehead atoms. The van der Waals surface area contributed by atoms with Gasteiger partial charge < -0.3 is 26.0 Å². The largest absolute Gasteiger partial charge is 0.444 e. The fourth-order valence-electron chi connectivity index (χ4n) is 2.10. The fourth-order valence-corrected chi connectivity index (χ4v) is 2.10. The lowest BCUT2D eigenvalue weighted by Gasteiger charge is -2.19. The zero-order chi connectivity index (χ0) is 20.1. The van der Waals surface area contributed by atoms with Crippen LogP contribution >= 0.6 is 0 Å². The average Bonchev–Trinajstić information content (AvgIpc) is 2.60. The molecule has 0 spiro atoms. The van der Waals surface area contributed by atoms with E-state index in [4.69, 9.17) is 4.74 Å². The Morgan fingerprint density at radius 3 is 2.26 bits per heavy atom. The molecule has 0 aromatic heterocycles. The van der Waals surface area contributed by atoms with Gasteiger partial charge in [-0.2, -0.15) is 0 Å². The van der Waals surface area contributed by atoms with Crippen molar-refractivity contribution in [3.05, 3.63) is 35.9 Å². The summed E-state index contributed by atoms with van der Waals surface area (Å²) in [4.78, 5) is 27.4. The highest BCUT2D eigenvalue weighted by molar-refractivity contribution is 5.86. The number of rotatable bonds is 8. The van der Waals surface area contributed by atoms with Gasteiger partial charge in [0.2, 0.25) is 5.91 Å². The number of hydrogen-bond donors (Lipinski definition) is 4. The SMILES string of the molecule is CN=C(NCCNC(=O)OC(C)(C)C)NCC(=O)NCCc1ccccc1. The Bertz CT molecular complexity index is 612. The molecule has 1 rings (SSSR count). The first-order valence-electron chi connectivity index (χ1n) is 9.02. The highest BCUT2D eigenvalue weighted by Gasteiger charge is 2.15. The minimum Gasteiger partial charge on any atom is -0.444 e. The van der Waals surface area contributed by atoms with Crippen LogP contribution in [0.25, 0.3) is 0 Å². The molecule has 2 amide bonds. The number of hydrogen-bond acceptors (Lipinski definition) is 4. The Balaban J connectivity index is 2.14. The molecule has 0 aliphatic heterocycles. The maximum absolute atomic E-state index is 11.9. The van der Waals surface area contributed by atoms with Gasteiger partial charge in [0.05, 0.1) is 6.54 Å². The molecule has 0 unspecified atom stereocenters. The minimum absolute atomic E-state index is 0.110. The molecule has 8 heteroatoms. The van der Waals surface area contributed by atoms with E-state index in [1.54, 1.807) is 7.05 Å². The average molecular weight is 377 g/mol. The molecule has 0 radical (unpaired) electrons.